The van der Waals surface area contributed by atoms with Gasteiger partial charge in [0.25, 0.3) is 0 Å². The summed E-state index contributed by atoms with van der Waals surface area (Å²) in [6, 6.07) is 0. The van der Waals surface area contributed by atoms with Gasteiger partial charge in [0.05, 0.1) is 0 Å². The zero-order chi connectivity index (χ0) is 50.0. The van der Waals surface area contributed by atoms with E-state index in [0.29, 0.717) is 19.3 Å². The molecule has 0 aromatic rings. The Morgan fingerprint density at radius 1 is 0.290 bits per heavy atom. The zero-order valence-electron chi connectivity index (χ0n) is 46.1. The average molecular weight is 968 g/mol. The lowest BCUT2D eigenvalue weighted by atomic mass is 10.1. The van der Waals surface area contributed by atoms with Crippen molar-refractivity contribution in [2.24, 2.45) is 0 Å². The summed E-state index contributed by atoms with van der Waals surface area (Å²) in [5.41, 5.74) is 0. The Morgan fingerprint density at radius 3 is 0.841 bits per heavy atom. The van der Waals surface area contributed by atoms with E-state index >= 15 is 0 Å². The predicted molar refractivity (Wildman–Crippen MR) is 298 cm³/mol. The number of unbranched alkanes of at least 4 members (excludes halogenated alkanes) is 36. The van der Waals surface area contributed by atoms with Gasteiger partial charge in [-0.05, 0) is 103 Å². The second kappa shape index (κ2) is 57.9. The molecule has 0 heterocycles. The SMILES string of the molecule is CCCCC/C=C/C/C=C/CCCCCCCCCC(=O)OC[C@@H](COC(=O)CCCCCCCCC/C=C/CCCCCCCC)OC(=O)CCCCCCCCC/C=C/CCCCCCCC. The van der Waals surface area contributed by atoms with Crippen molar-refractivity contribution in [3.8, 4) is 0 Å². The minimum Gasteiger partial charge on any atom is -0.462 e. The van der Waals surface area contributed by atoms with E-state index in [1.807, 2.05) is 0 Å². The number of allylic oxidation sites excluding steroid dienone is 8. The summed E-state index contributed by atoms with van der Waals surface area (Å²) in [5, 5.41) is 0. The van der Waals surface area contributed by atoms with Crippen molar-refractivity contribution in [1.29, 1.82) is 0 Å². The van der Waals surface area contributed by atoms with Crippen LogP contribution in [0.4, 0.5) is 0 Å². The van der Waals surface area contributed by atoms with Gasteiger partial charge in [-0.15, -0.1) is 0 Å². The lowest BCUT2D eigenvalue weighted by molar-refractivity contribution is -0.167. The number of rotatable bonds is 55. The molecule has 6 heteroatoms. The van der Waals surface area contributed by atoms with Crippen molar-refractivity contribution in [1.82, 2.24) is 0 Å². The summed E-state index contributed by atoms with van der Waals surface area (Å²) < 4.78 is 16.9. The highest BCUT2D eigenvalue weighted by atomic mass is 16.6. The maximum absolute atomic E-state index is 12.9. The van der Waals surface area contributed by atoms with E-state index in [4.69, 9.17) is 14.2 Å². The van der Waals surface area contributed by atoms with E-state index in [9.17, 15) is 14.4 Å². The lowest BCUT2D eigenvalue weighted by Crippen LogP contribution is -2.30. The Balaban J connectivity index is 4.38. The highest BCUT2D eigenvalue weighted by molar-refractivity contribution is 5.71. The molecule has 0 fully saturated rings. The first-order valence-electron chi connectivity index (χ1n) is 30.1. The van der Waals surface area contributed by atoms with E-state index < -0.39 is 6.10 Å². The molecule has 6 nitrogen and oxygen atoms in total. The summed E-state index contributed by atoms with van der Waals surface area (Å²) in [7, 11) is 0. The summed E-state index contributed by atoms with van der Waals surface area (Å²) in [5.74, 6) is -0.879. The summed E-state index contributed by atoms with van der Waals surface area (Å²) in [6.45, 7) is 6.63. The molecule has 0 aromatic carbocycles. The first-order valence-corrected chi connectivity index (χ1v) is 30.1. The van der Waals surface area contributed by atoms with Crippen LogP contribution in [0.15, 0.2) is 48.6 Å². The molecule has 0 aliphatic carbocycles. The van der Waals surface area contributed by atoms with Crippen LogP contribution in [0.1, 0.15) is 316 Å². The molecule has 0 spiro atoms. The Bertz CT molecular complexity index is 1200. The van der Waals surface area contributed by atoms with Crippen LogP contribution >= 0.6 is 0 Å². The van der Waals surface area contributed by atoms with Crippen molar-refractivity contribution < 1.29 is 28.6 Å². The number of esters is 3. The summed E-state index contributed by atoms with van der Waals surface area (Å²) in [6.07, 6.45) is 71.0. The Hall–Kier alpha value is -2.63. The van der Waals surface area contributed by atoms with Gasteiger partial charge in [0, 0.05) is 19.3 Å². The molecule has 0 bridgehead atoms. The van der Waals surface area contributed by atoms with Crippen molar-refractivity contribution in [3.63, 3.8) is 0 Å². The maximum Gasteiger partial charge on any atom is 0.306 e. The summed E-state index contributed by atoms with van der Waals surface area (Å²) >= 11 is 0. The molecule has 69 heavy (non-hydrogen) atoms. The smallest absolute Gasteiger partial charge is 0.306 e. The molecule has 402 valence electrons. The highest BCUT2D eigenvalue weighted by Crippen LogP contribution is 2.16. The van der Waals surface area contributed by atoms with Crippen molar-refractivity contribution >= 4 is 17.9 Å². The van der Waals surface area contributed by atoms with Crippen LogP contribution in [-0.4, -0.2) is 37.2 Å². The van der Waals surface area contributed by atoms with E-state index in [1.165, 1.54) is 205 Å². The monoisotopic (exact) mass is 967 g/mol. The lowest BCUT2D eigenvalue weighted by Gasteiger charge is -2.18. The van der Waals surface area contributed by atoms with Crippen molar-refractivity contribution in [3.05, 3.63) is 48.6 Å². The third-order valence-corrected chi connectivity index (χ3v) is 13.3. The van der Waals surface area contributed by atoms with Crippen LogP contribution in [0.2, 0.25) is 0 Å². The number of ether oxygens (including phenoxy) is 3. The van der Waals surface area contributed by atoms with Gasteiger partial charge in [0.1, 0.15) is 13.2 Å². The predicted octanol–water partition coefficient (Wildman–Crippen LogP) is 20.2. The molecule has 0 radical (unpaired) electrons. The standard InChI is InChI=1S/C63H114O6/c1-4-7-10-13-16-19-22-25-28-31-34-37-40-43-46-49-52-55-61(64)67-58-60(69-63(66)57-54-51-48-45-42-39-36-33-30-27-24-21-18-15-12-9-6-3)59-68-62(65)56-53-50-47-44-41-38-35-32-29-26-23-20-17-14-11-8-5-2/h16,19,25-30,60H,4-15,17-18,20-24,31-59H2,1-3H3/b19-16+,28-25+,29-26+,30-27+/t60-/m0/s1. The van der Waals surface area contributed by atoms with Gasteiger partial charge in [-0.1, -0.05) is 243 Å². The fraction of sp³-hybridized carbons (Fsp3) is 0.825. The molecule has 0 saturated heterocycles. The van der Waals surface area contributed by atoms with Gasteiger partial charge in [-0.3, -0.25) is 14.4 Å². The number of hydrogen-bond donors (Lipinski definition) is 0. The van der Waals surface area contributed by atoms with E-state index in [1.54, 1.807) is 0 Å². The largest absolute Gasteiger partial charge is 0.462 e. The molecular weight excluding hydrogens is 853 g/mol. The second-order valence-corrected chi connectivity index (χ2v) is 20.2. The highest BCUT2D eigenvalue weighted by Gasteiger charge is 2.19. The quantitative estimate of drug-likeness (QED) is 0.0262. The average Bonchev–Trinajstić information content (AvgIpc) is 3.35. The number of carbonyl (C=O) groups excluding carboxylic acids is 3. The van der Waals surface area contributed by atoms with Gasteiger partial charge < -0.3 is 14.2 Å². The van der Waals surface area contributed by atoms with Crippen molar-refractivity contribution in [2.75, 3.05) is 13.2 Å². The van der Waals surface area contributed by atoms with Gasteiger partial charge in [-0.25, -0.2) is 0 Å². The first-order chi connectivity index (χ1) is 34.0. The van der Waals surface area contributed by atoms with Crippen LogP contribution in [0.25, 0.3) is 0 Å². The van der Waals surface area contributed by atoms with Gasteiger partial charge in [0.2, 0.25) is 0 Å². The first kappa shape index (κ1) is 66.4. The molecule has 0 aliphatic rings. The second-order valence-electron chi connectivity index (χ2n) is 20.2. The third-order valence-electron chi connectivity index (χ3n) is 13.3. The summed E-state index contributed by atoms with van der Waals surface area (Å²) in [4.78, 5) is 38.2. The minimum absolute atomic E-state index is 0.0779. The molecular formula is C63H114O6. The third kappa shape index (κ3) is 56.2. The number of carbonyl (C=O) groups is 3. The van der Waals surface area contributed by atoms with Gasteiger partial charge in [-0.2, -0.15) is 0 Å². The van der Waals surface area contributed by atoms with Crippen molar-refractivity contribution in [2.45, 2.75) is 322 Å². The Morgan fingerprint density at radius 2 is 0.522 bits per heavy atom. The fourth-order valence-electron chi connectivity index (χ4n) is 8.70. The van der Waals surface area contributed by atoms with Gasteiger partial charge in [0.15, 0.2) is 6.10 Å². The van der Waals surface area contributed by atoms with Crippen LogP contribution in [-0.2, 0) is 28.6 Å². The Kier molecular flexibility index (Phi) is 55.7. The van der Waals surface area contributed by atoms with E-state index in [0.717, 1.165) is 70.6 Å². The molecule has 0 rings (SSSR count). The fourth-order valence-corrected chi connectivity index (χ4v) is 8.70. The Labute approximate surface area is 428 Å². The molecule has 0 amide bonds. The molecule has 0 N–H and O–H groups in total. The van der Waals surface area contributed by atoms with Crippen LogP contribution in [0.5, 0.6) is 0 Å². The van der Waals surface area contributed by atoms with Gasteiger partial charge >= 0.3 is 17.9 Å². The molecule has 0 unspecified atom stereocenters. The van der Waals surface area contributed by atoms with Crippen LogP contribution in [0.3, 0.4) is 0 Å². The number of hydrogen-bond acceptors (Lipinski definition) is 6. The topological polar surface area (TPSA) is 78.9 Å². The normalized spacial score (nSPS) is 12.3. The molecule has 0 aliphatic heterocycles. The van der Waals surface area contributed by atoms with Crippen LogP contribution in [0, 0.1) is 0 Å². The zero-order valence-corrected chi connectivity index (χ0v) is 46.1. The maximum atomic E-state index is 12.9. The van der Waals surface area contributed by atoms with Crippen LogP contribution < -0.4 is 0 Å². The molecule has 0 saturated carbocycles. The molecule has 1 atom stereocenters. The van der Waals surface area contributed by atoms with E-state index in [-0.39, 0.29) is 31.1 Å². The minimum atomic E-state index is -0.780. The molecule has 0 aromatic heterocycles. The van der Waals surface area contributed by atoms with E-state index in [2.05, 4.69) is 69.4 Å².